The van der Waals surface area contributed by atoms with Crippen molar-refractivity contribution in [2.45, 2.75) is 19.4 Å². The number of carbonyl (C=O) groups excluding carboxylic acids is 3. The molecule has 2 aliphatic heterocycles. The van der Waals surface area contributed by atoms with Gasteiger partial charge in [0.25, 0.3) is 5.91 Å². The number of fused-ring (bicyclic) bond motifs is 1. The van der Waals surface area contributed by atoms with Crippen LogP contribution in [-0.2, 0) is 14.4 Å². The number of hydrogen-bond acceptors (Lipinski definition) is 6. The van der Waals surface area contributed by atoms with Crippen molar-refractivity contribution in [2.24, 2.45) is 5.92 Å². The van der Waals surface area contributed by atoms with Crippen LogP contribution in [0, 0.1) is 21.8 Å². The summed E-state index contributed by atoms with van der Waals surface area (Å²) in [5.41, 5.74) is 0.676. The summed E-state index contributed by atoms with van der Waals surface area (Å²) in [4.78, 5) is 48.1. The van der Waals surface area contributed by atoms with Crippen molar-refractivity contribution in [1.82, 2.24) is 5.32 Å². The predicted octanol–water partition coefficient (Wildman–Crippen LogP) is 2.30. The van der Waals surface area contributed by atoms with Gasteiger partial charge in [0.1, 0.15) is 5.75 Å². The Morgan fingerprint density at radius 1 is 1.31 bits per heavy atom. The zero-order valence-corrected chi connectivity index (χ0v) is 17.0. The molecule has 0 radical (unpaired) electrons. The molecule has 11 heteroatoms. The highest BCUT2D eigenvalue weighted by atomic mass is 19.1. The fourth-order valence-electron chi connectivity index (χ4n) is 3.73. The van der Waals surface area contributed by atoms with Gasteiger partial charge in [0, 0.05) is 19.0 Å². The van der Waals surface area contributed by atoms with Gasteiger partial charge in [0.05, 0.1) is 28.3 Å². The van der Waals surface area contributed by atoms with E-state index in [4.69, 9.17) is 4.74 Å². The molecule has 2 aromatic rings. The highest BCUT2D eigenvalue weighted by Crippen LogP contribution is 2.32. The van der Waals surface area contributed by atoms with Crippen molar-refractivity contribution in [3.63, 3.8) is 0 Å². The quantitative estimate of drug-likeness (QED) is 0.540. The van der Waals surface area contributed by atoms with Crippen LogP contribution in [0.1, 0.15) is 24.9 Å². The van der Waals surface area contributed by atoms with Crippen molar-refractivity contribution in [2.75, 3.05) is 23.4 Å². The number of halogens is 1. The van der Waals surface area contributed by atoms with Gasteiger partial charge in [-0.05, 0) is 36.8 Å². The normalized spacial score (nSPS) is 18.4. The van der Waals surface area contributed by atoms with E-state index in [9.17, 15) is 28.9 Å². The monoisotopic (exact) mass is 442 g/mol. The van der Waals surface area contributed by atoms with E-state index in [-0.39, 0.29) is 43.0 Å². The Bertz CT molecular complexity index is 1140. The number of nitro benzene ring substituents is 1. The molecule has 2 N–H and O–H groups in total. The van der Waals surface area contributed by atoms with Gasteiger partial charge < -0.3 is 20.3 Å². The van der Waals surface area contributed by atoms with Crippen molar-refractivity contribution in [3.05, 3.63) is 57.9 Å². The Hall–Kier alpha value is -4.02. The van der Waals surface area contributed by atoms with Gasteiger partial charge >= 0.3 is 5.69 Å². The molecule has 0 spiro atoms. The number of nitrogens with one attached hydrogen (secondary N) is 2. The molecule has 1 fully saturated rings. The SMILES string of the molecule is CC(NC(=O)C1CC(=O)N(c2ccc(F)c([N+](=O)[O-])c2)C1)c1ccc2c(c1)NC(=O)CO2. The van der Waals surface area contributed by atoms with E-state index in [2.05, 4.69) is 10.6 Å². The molecule has 0 aromatic heterocycles. The molecule has 2 aliphatic rings. The Labute approximate surface area is 181 Å². The summed E-state index contributed by atoms with van der Waals surface area (Å²) < 4.78 is 18.9. The Morgan fingerprint density at radius 2 is 2.09 bits per heavy atom. The maximum atomic E-state index is 13.6. The maximum Gasteiger partial charge on any atom is 0.306 e. The van der Waals surface area contributed by atoms with E-state index < -0.39 is 28.4 Å². The van der Waals surface area contributed by atoms with Gasteiger partial charge in [0.15, 0.2) is 6.61 Å². The zero-order valence-electron chi connectivity index (χ0n) is 17.0. The first-order valence-corrected chi connectivity index (χ1v) is 9.84. The molecule has 3 amide bonds. The summed E-state index contributed by atoms with van der Waals surface area (Å²) in [7, 11) is 0. The number of amides is 3. The smallest absolute Gasteiger partial charge is 0.306 e. The molecule has 2 atom stereocenters. The first kappa shape index (κ1) is 21.2. The summed E-state index contributed by atoms with van der Waals surface area (Å²) in [6.07, 6.45) is -0.0716. The van der Waals surface area contributed by atoms with Gasteiger partial charge in [-0.25, -0.2) is 0 Å². The highest BCUT2D eigenvalue weighted by molar-refractivity contribution is 6.00. The van der Waals surface area contributed by atoms with Crippen molar-refractivity contribution in [1.29, 1.82) is 0 Å². The molecule has 10 nitrogen and oxygen atoms in total. The van der Waals surface area contributed by atoms with Crippen molar-refractivity contribution >= 4 is 34.8 Å². The topological polar surface area (TPSA) is 131 Å². The first-order valence-electron chi connectivity index (χ1n) is 9.84. The molecule has 0 bridgehead atoms. The summed E-state index contributed by atoms with van der Waals surface area (Å²) >= 11 is 0. The molecule has 2 aromatic carbocycles. The molecule has 1 saturated heterocycles. The molecule has 4 rings (SSSR count). The number of benzene rings is 2. The van der Waals surface area contributed by atoms with E-state index >= 15 is 0 Å². The van der Waals surface area contributed by atoms with E-state index in [0.717, 1.165) is 17.7 Å². The number of anilines is 2. The van der Waals surface area contributed by atoms with Gasteiger partial charge in [-0.15, -0.1) is 0 Å². The second kappa shape index (κ2) is 8.25. The van der Waals surface area contributed by atoms with Crippen LogP contribution < -0.4 is 20.3 Å². The predicted molar refractivity (Wildman–Crippen MR) is 111 cm³/mol. The van der Waals surface area contributed by atoms with Crippen LogP contribution >= 0.6 is 0 Å². The van der Waals surface area contributed by atoms with E-state index in [1.54, 1.807) is 25.1 Å². The maximum absolute atomic E-state index is 13.6. The average molecular weight is 442 g/mol. The van der Waals surface area contributed by atoms with Crippen LogP contribution in [0.15, 0.2) is 36.4 Å². The minimum Gasteiger partial charge on any atom is -0.482 e. The van der Waals surface area contributed by atoms with Gasteiger partial charge in [-0.2, -0.15) is 4.39 Å². The Morgan fingerprint density at radius 3 is 2.84 bits per heavy atom. The van der Waals surface area contributed by atoms with E-state index in [1.165, 1.54) is 11.0 Å². The molecule has 32 heavy (non-hydrogen) atoms. The second-order valence-corrected chi connectivity index (χ2v) is 7.62. The van der Waals surface area contributed by atoms with Gasteiger partial charge in [-0.1, -0.05) is 6.07 Å². The highest BCUT2D eigenvalue weighted by Gasteiger charge is 2.36. The number of rotatable bonds is 5. The summed E-state index contributed by atoms with van der Waals surface area (Å²) in [6.45, 7) is 1.74. The third-order valence-corrected chi connectivity index (χ3v) is 5.43. The molecule has 0 aliphatic carbocycles. The lowest BCUT2D eigenvalue weighted by molar-refractivity contribution is -0.387. The fraction of sp³-hybridized carbons (Fsp3) is 0.286. The van der Waals surface area contributed by atoms with Crippen LogP contribution in [0.5, 0.6) is 5.75 Å². The summed E-state index contributed by atoms with van der Waals surface area (Å²) in [6, 6.07) is 7.95. The lowest BCUT2D eigenvalue weighted by Crippen LogP contribution is -2.34. The summed E-state index contributed by atoms with van der Waals surface area (Å²) in [5.74, 6) is -2.14. The van der Waals surface area contributed by atoms with Crippen LogP contribution in [0.4, 0.5) is 21.5 Å². The number of nitrogens with zero attached hydrogens (tertiary/aromatic N) is 2. The fourth-order valence-corrected chi connectivity index (χ4v) is 3.73. The minimum atomic E-state index is -1.000. The lowest BCUT2D eigenvalue weighted by atomic mass is 10.0. The third-order valence-electron chi connectivity index (χ3n) is 5.43. The molecule has 2 heterocycles. The number of hydrogen-bond donors (Lipinski definition) is 2. The zero-order chi connectivity index (χ0) is 23.0. The number of ether oxygens (including phenoxy) is 1. The molecular formula is C21H19FN4O6. The lowest BCUT2D eigenvalue weighted by Gasteiger charge is -2.22. The molecule has 166 valence electrons. The van der Waals surface area contributed by atoms with E-state index in [0.29, 0.717) is 11.4 Å². The number of carbonyl (C=O) groups is 3. The van der Waals surface area contributed by atoms with E-state index in [1.807, 2.05) is 0 Å². The number of nitro groups is 1. The standard InChI is InChI=1S/C21H19FN4O6/c1-11(12-2-5-18-16(6-12)24-19(27)10-32-18)23-21(29)13-7-20(28)25(9-13)14-3-4-15(22)17(8-14)26(30)31/h2-6,8,11,13H,7,9-10H2,1H3,(H,23,29)(H,24,27). The molecule has 0 saturated carbocycles. The van der Waals surface area contributed by atoms with Crippen LogP contribution in [0.25, 0.3) is 0 Å². The second-order valence-electron chi connectivity index (χ2n) is 7.62. The van der Waals surface area contributed by atoms with Gasteiger partial charge in [0.2, 0.25) is 17.6 Å². The Kier molecular flexibility index (Phi) is 5.47. The van der Waals surface area contributed by atoms with Crippen molar-refractivity contribution < 1.29 is 28.4 Å². The molecule has 2 unspecified atom stereocenters. The average Bonchev–Trinajstić information content (AvgIpc) is 3.15. The first-order chi connectivity index (χ1) is 15.2. The Balaban J connectivity index is 1.44. The largest absolute Gasteiger partial charge is 0.482 e. The van der Waals surface area contributed by atoms with Gasteiger partial charge in [-0.3, -0.25) is 24.5 Å². The minimum absolute atomic E-state index is 0.0221. The third kappa shape index (κ3) is 4.09. The summed E-state index contributed by atoms with van der Waals surface area (Å²) in [5, 5.41) is 16.5. The van der Waals surface area contributed by atoms with Crippen molar-refractivity contribution in [3.8, 4) is 5.75 Å². The van der Waals surface area contributed by atoms with Crippen LogP contribution in [0.3, 0.4) is 0 Å². The van der Waals surface area contributed by atoms with Crippen LogP contribution in [-0.4, -0.2) is 35.8 Å². The van der Waals surface area contributed by atoms with Crippen LogP contribution in [0.2, 0.25) is 0 Å². The molecular weight excluding hydrogens is 423 g/mol.